The maximum absolute atomic E-state index is 13.7. The van der Waals surface area contributed by atoms with Crippen molar-refractivity contribution < 1.29 is 9.59 Å². The van der Waals surface area contributed by atoms with Gasteiger partial charge in [0.25, 0.3) is 11.8 Å². The second kappa shape index (κ2) is 7.75. The quantitative estimate of drug-likeness (QED) is 0.683. The Kier molecular flexibility index (Phi) is 5.27. The molecule has 1 fully saturated rings. The summed E-state index contributed by atoms with van der Waals surface area (Å²) in [6, 6.07) is 11.9. The van der Waals surface area contributed by atoms with E-state index in [4.69, 9.17) is 0 Å². The van der Waals surface area contributed by atoms with Gasteiger partial charge in [-0.1, -0.05) is 42.8 Å². The molecular weight excluding hydrogens is 372 g/mol. The summed E-state index contributed by atoms with van der Waals surface area (Å²) in [6.07, 6.45) is 2.07. The lowest BCUT2D eigenvalue weighted by molar-refractivity contribution is -0.120. The number of carbonyl (C=O) groups excluding carboxylic acids is 2. The largest absolute Gasteiger partial charge is 0.366 e. The van der Waals surface area contributed by atoms with E-state index in [2.05, 4.69) is 18.7 Å². The van der Waals surface area contributed by atoms with Gasteiger partial charge in [0.2, 0.25) is 0 Å². The van der Waals surface area contributed by atoms with Crippen LogP contribution in [0.5, 0.6) is 0 Å². The summed E-state index contributed by atoms with van der Waals surface area (Å²) >= 11 is 0. The van der Waals surface area contributed by atoms with Crippen molar-refractivity contribution in [3.05, 3.63) is 69.9 Å². The topological polar surface area (TPSA) is 40.6 Å². The van der Waals surface area contributed by atoms with Crippen LogP contribution in [0.25, 0.3) is 5.57 Å². The molecular formula is C26H30N2O2. The summed E-state index contributed by atoms with van der Waals surface area (Å²) in [5, 5.41) is 0. The highest BCUT2D eigenvalue weighted by Crippen LogP contribution is 2.38. The molecule has 0 spiro atoms. The number of nitrogens with zero attached hydrogens (tertiary/aromatic N) is 2. The van der Waals surface area contributed by atoms with Gasteiger partial charge in [0, 0.05) is 13.1 Å². The molecule has 1 saturated heterocycles. The van der Waals surface area contributed by atoms with Gasteiger partial charge in [0.1, 0.15) is 5.70 Å². The minimum Gasteiger partial charge on any atom is -0.366 e. The van der Waals surface area contributed by atoms with E-state index in [0.29, 0.717) is 22.9 Å². The van der Waals surface area contributed by atoms with Crippen LogP contribution in [0, 0.1) is 33.6 Å². The zero-order valence-corrected chi connectivity index (χ0v) is 18.6. The van der Waals surface area contributed by atoms with Gasteiger partial charge in [-0.3, -0.25) is 9.59 Å². The van der Waals surface area contributed by atoms with Crippen molar-refractivity contribution in [2.45, 2.75) is 47.5 Å². The van der Waals surface area contributed by atoms with E-state index in [9.17, 15) is 9.59 Å². The summed E-state index contributed by atoms with van der Waals surface area (Å²) in [5.74, 6) is 0.230. The zero-order chi connectivity index (χ0) is 21.6. The van der Waals surface area contributed by atoms with Gasteiger partial charge in [-0.25, -0.2) is 4.90 Å². The van der Waals surface area contributed by atoms with Crippen molar-refractivity contribution in [1.29, 1.82) is 0 Å². The van der Waals surface area contributed by atoms with E-state index >= 15 is 0 Å². The number of likely N-dealkylation sites (tertiary alicyclic amines) is 1. The number of rotatable bonds is 3. The number of aryl methyl sites for hydroxylation is 4. The highest BCUT2D eigenvalue weighted by molar-refractivity contribution is 6.45. The number of benzene rings is 2. The van der Waals surface area contributed by atoms with Crippen molar-refractivity contribution in [2.24, 2.45) is 5.92 Å². The summed E-state index contributed by atoms with van der Waals surface area (Å²) in [5.41, 5.74) is 6.96. The van der Waals surface area contributed by atoms with Crippen LogP contribution in [-0.4, -0.2) is 29.8 Å². The van der Waals surface area contributed by atoms with Crippen LogP contribution < -0.4 is 4.90 Å². The molecule has 30 heavy (non-hydrogen) atoms. The fraction of sp³-hybridized carbons (Fsp3) is 0.385. The molecule has 0 bridgehead atoms. The first-order valence-corrected chi connectivity index (χ1v) is 10.8. The summed E-state index contributed by atoms with van der Waals surface area (Å²) in [4.78, 5) is 30.9. The second-order valence-corrected chi connectivity index (χ2v) is 8.93. The van der Waals surface area contributed by atoms with Crippen molar-refractivity contribution in [3.8, 4) is 0 Å². The molecule has 2 heterocycles. The Hall–Kier alpha value is -2.88. The molecule has 2 aromatic carbocycles. The third-order valence-corrected chi connectivity index (χ3v) is 6.55. The maximum Gasteiger partial charge on any atom is 0.282 e. The smallest absolute Gasteiger partial charge is 0.282 e. The Labute approximate surface area is 179 Å². The lowest BCUT2D eigenvalue weighted by atomic mass is 9.96. The molecule has 156 valence electrons. The molecule has 4 rings (SSSR count). The Morgan fingerprint density at radius 3 is 2.13 bits per heavy atom. The van der Waals surface area contributed by atoms with Crippen LogP contribution in [0.3, 0.4) is 0 Å². The van der Waals surface area contributed by atoms with E-state index in [1.165, 1.54) is 10.5 Å². The molecule has 0 unspecified atom stereocenters. The molecule has 0 atom stereocenters. The molecule has 4 heteroatoms. The molecule has 2 aromatic rings. The third kappa shape index (κ3) is 3.45. The average molecular weight is 403 g/mol. The van der Waals surface area contributed by atoms with Gasteiger partial charge in [-0.2, -0.15) is 0 Å². The van der Waals surface area contributed by atoms with Crippen LogP contribution >= 0.6 is 0 Å². The van der Waals surface area contributed by atoms with Gasteiger partial charge in [0.05, 0.1) is 11.3 Å². The van der Waals surface area contributed by atoms with Crippen LogP contribution in [0.15, 0.2) is 42.1 Å². The highest BCUT2D eigenvalue weighted by Gasteiger charge is 2.43. The standard InChI is InChI=1S/C26H30N2O2/c1-16-10-12-27(13-11-16)24-23(21-8-7-18(3)19(4)15-21)25(29)28(26(24)30)22-9-6-17(2)14-20(22)5/h6-9,14-16H,10-13H2,1-5H3. The fourth-order valence-electron chi connectivity index (χ4n) is 4.48. The molecule has 0 aromatic heterocycles. The van der Waals surface area contributed by atoms with E-state index in [0.717, 1.165) is 48.2 Å². The lowest BCUT2D eigenvalue weighted by Gasteiger charge is -2.32. The van der Waals surface area contributed by atoms with Crippen LogP contribution in [0.2, 0.25) is 0 Å². The second-order valence-electron chi connectivity index (χ2n) is 8.93. The molecule has 2 aliphatic rings. The van der Waals surface area contributed by atoms with E-state index in [1.807, 2.05) is 57.2 Å². The fourth-order valence-corrected chi connectivity index (χ4v) is 4.48. The first-order valence-electron chi connectivity index (χ1n) is 10.8. The molecule has 2 amide bonds. The van der Waals surface area contributed by atoms with Crippen molar-refractivity contribution in [2.75, 3.05) is 18.0 Å². The summed E-state index contributed by atoms with van der Waals surface area (Å²) < 4.78 is 0. The highest BCUT2D eigenvalue weighted by atomic mass is 16.2. The predicted molar refractivity (Wildman–Crippen MR) is 121 cm³/mol. The number of hydrogen-bond donors (Lipinski definition) is 0. The van der Waals surface area contributed by atoms with Gasteiger partial charge in [0.15, 0.2) is 0 Å². The van der Waals surface area contributed by atoms with Crippen LogP contribution in [-0.2, 0) is 9.59 Å². The Bertz CT molecular complexity index is 1060. The van der Waals surface area contributed by atoms with E-state index in [-0.39, 0.29) is 11.8 Å². The Morgan fingerprint density at radius 2 is 1.50 bits per heavy atom. The summed E-state index contributed by atoms with van der Waals surface area (Å²) in [6.45, 7) is 12.0. The van der Waals surface area contributed by atoms with Crippen LogP contribution in [0.4, 0.5) is 5.69 Å². The molecule has 2 aliphatic heterocycles. The van der Waals surface area contributed by atoms with Gasteiger partial charge in [-0.15, -0.1) is 0 Å². The molecule has 0 saturated carbocycles. The third-order valence-electron chi connectivity index (χ3n) is 6.55. The summed E-state index contributed by atoms with van der Waals surface area (Å²) in [7, 11) is 0. The van der Waals surface area contributed by atoms with Gasteiger partial charge < -0.3 is 4.90 Å². The monoisotopic (exact) mass is 402 g/mol. The van der Waals surface area contributed by atoms with Gasteiger partial charge >= 0.3 is 0 Å². The normalized spacial score (nSPS) is 18.0. The number of carbonyl (C=O) groups is 2. The molecule has 0 radical (unpaired) electrons. The number of imide groups is 1. The first kappa shape index (κ1) is 20.4. The lowest BCUT2D eigenvalue weighted by Crippen LogP contribution is -2.38. The average Bonchev–Trinajstić information content (AvgIpc) is 2.95. The Morgan fingerprint density at radius 1 is 0.800 bits per heavy atom. The Balaban J connectivity index is 1.85. The van der Waals surface area contributed by atoms with Crippen molar-refractivity contribution in [1.82, 2.24) is 4.90 Å². The SMILES string of the molecule is Cc1ccc(N2C(=O)C(c3ccc(C)c(C)c3)=C(N3CCC(C)CC3)C2=O)c(C)c1. The maximum atomic E-state index is 13.7. The number of piperidine rings is 1. The van der Waals surface area contributed by atoms with E-state index < -0.39 is 0 Å². The number of hydrogen-bond acceptors (Lipinski definition) is 3. The first-order chi connectivity index (χ1) is 14.3. The predicted octanol–water partition coefficient (Wildman–Crippen LogP) is 4.94. The molecule has 0 aliphatic carbocycles. The minimum absolute atomic E-state index is 0.199. The van der Waals surface area contributed by atoms with Crippen LogP contribution in [0.1, 0.15) is 47.6 Å². The minimum atomic E-state index is -0.219. The van der Waals surface area contributed by atoms with E-state index in [1.54, 1.807) is 0 Å². The molecule has 0 N–H and O–H groups in total. The number of anilines is 1. The number of amides is 2. The zero-order valence-electron chi connectivity index (χ0n) is 18.6. The van der Waals surface area contributed by atoms with Gasteiger partial charge in [-0.05, 0) is 74.8 Å². The van der Waals surface area contributed by atoms with Crippen molar-refractivity contribution >= 4 is 23.1 Å². The molecule has 4 nitrogen and oxygen atoms in total. The van der Waals surface area contributed by atoms with Crippen molar-refractivity contribution in [3.63, 3.8) is 0 Å².